The zero-order valence-corrected chi connectivity index (χ0v) is 22.5. The van der Waals surface area contributed by atoms with Gasteiger partial charge in [0.1, 0.15) is 0 Å². The van der Waals surface area contributed by atoms with Crippen LogP contribution in [0.3, 0.4) is 0 Å². The smallest absolute Gasteiger partial charge is 0.227 e. The molecule has 0 radical (unpaired) electrons. The maximum absolute atomic E-state index is 6.58. The fourth-order valence-corrected chi connectivity index (χ4v) is 5.72. The first-order chi connectivity index (χ1) is 17.4. The van der Waals surface area contributed by atoms with Crippen molar-refractivity contribution < 1.29 is 4.74 Å². The number of aromatic nitrogens is 3. The molecule has 2 aromatic heterocycles. The third-order valence-corrected chi connectivity index (χ3v) is 7.48. The predicted octanol–water partition coefficient (Wildman–Crippen LogP) is 7.06. The number of halogens is 3. The molecule has 36 heavy (non-hydrogen) atoms. The molecule has 0 atom stereocenters. The van der Waals surface area contributed by atoms with Crippen LogP contribution in [0.2, 0.25) is 15.1 Å². The lowest BCUT2D eigenvalue weighted by Crippen LogP contribution is -2.36. The molecule has 0 unspecified atom stereocenters. The first-order valence-electron chi connectivity index (χ1n) is 11.3. The topological polar surface area (TPSA) is 75.2 Å². The van der Waals surface area contributed by atoms with Gasteiger partial charge in [0.15, 0.2) is 5.13 Å². The summed E-state index contributed by atoms with van der Waals surface area (Å²) in [6.07, 6.45) is 1.73. The molecule has 4 aromatic rings. The number of hydrogen-bond donors (Lipinski definition) is 2. The molecular weight excluding hydrogens is 539 g/mol. The third-order valence-electron chi connectivity index (χ3n) is 5.61. The van der Waals surface area contributed by atoms with Gasteiger partial charge in [-0.1, -0.05) is 46.1 Å². The molecule has 1 aliphatic heterocycles. The summed E-state index contributed by atoms with van der Waals surface area (Å²) in [6, 6.07) is 13.2. The van der Waals surface area contributed by atoms with Crippen LogP contribution in [-0.4, -0.2) is 41.3 Å². The van der Waals surface area contributed by atoms with Crippen molar-refractivity contribution in [1.82, 2.24) is 15.0 Å². The number of ether oxygens (including phenoxy) is 1. The van der Waals surface area contributed by atoms with E-state index in [1.807, 2.05) is 43.3 Å². The average Bonchev–Trinajstić information content (AvgIpc) is 3.23. The van der Waals surface area contributed by atoms with Crippen molar-refractivity contribution >= 4 is 68.6 Å². The van der Waals surface area contributed by atoms with Gasteiger partial charge in [-0.3, -0.25) is 0 Å². The van der Waals surface area contributed by atoms with E-state index >= 15 is 0 Å². The van der Waals surface area contributed by atoms with Crippen LogP contribution in [0.15, 0.2) is 48.7 Å². The van der Waals surface area contributed by atoms with Crippen molar-refractivity contribution in [3.8, 4) is 10.6 Å². The molecule has 2 N–H and O–H groups in total. The van der Waals surface area contributed by atoms with E-state index < -0.39 is 0 Å². The van der Waals surface area contributed by atoms with Gasteiger partial charge in [-0.2, -0.15) is 0 Å². The van der Waals surface area contributed by atoms with Gasteiger partial charge < -0.3 is 20.3 Å². The fraction of sp³-hybridized carbons (Fsp3) is 0.240. The number of morpholine rings is 1. The highest BCUT2D eigenvalue weighted by Gasteiger charge is 2.16. The van der Waals surface area contributed by atoms with Gasteiger partial charge in [-0.15, -0.1) is 0 Å². The number of aryl methyl sites for hydroxylation is 1. The fourth-order valence-electron chi connectivity index (χ4n) is 3.92. The molecule has 3 heterocycles. The maximum atomic E-state index is 6.58. The highest BCUT2D eigenvalue weighted by atomic mass is 35.5. The largest absolute Gasteiger partial charge is 0.378 e. The van der Waals surface area contributed by atoms with E-state index in [0.717, 1.165) is 51.4 Å². The van der Waals surface area contributed by atoms with Crippen molar-refractivity contribution in [3.05, 3.63) is 75.0 Å². The van der Waals surface area contributed by atoms with Gasteiger partial charge in [0.05, 0.1) is 40.2 Å². The summed E-state index contributed by atoms with van der Waals surface area (Å²) in [5.74, 6) is 0.485. The zero-order chi connectivity index (χ0) is 25.1. The van der Waals surface area contributed by atoms with Gasteiger partial charge in [0.2, 0.25) is 5.95 Å². The van der Waals surface area contributed by atoms with E-state index in [2.05, 4.69) is 25.5 Å². The molecule has 0 saturated carbocycles. The normalized spacial score (nSPS) is 13.6. The van der Waals surface area contributed by atoms with Crippen molar-refractivity contribution in [2.45, 2.75) is 13.5 Å². The molecule has 11 heteroatoms. The summed E-state index contributed by atoms with van der Waals surface area (Å²) >= 11 is 20.3. The number of nitrogens with one attached hydrogen (secondary N) is 2. The minimum Gasteiger partial charge on any atom is -0.378 e. The SMILES string of the molecule is Cc1nc(NCc2cc(Cl)cc(Cl)c2)sc1-c1ccnc(Nc2ccc(N3CCOCC3)c(Cl)c2)n1. The number of hydrogen-bond acceptors (Lipinski definition) is 8. The standard InChI is InChI=1S/C25H23Cl3N6OS/c1-15-23(36-25(31-15)30-14-16-10-17(26)12-18(27)11-16)21-4-5-29-24(33-21)32-19-2-3-22(20(28)13-19)34-6-8-35-9-7-34/h2-5,10-13H,6-9,14H2,1H3,(H,30,31)(H,29,32,33). The van der Waals surface area contributed by atoms with E-state index in [-0.39, 0.29) is 0 Å². The Hall–Kier alpha value is -2.62. The van der Waals surface area contributed by atoms with Crippen LogP contribution >= 0.6 is 46.1 Å². The molecule has 7 nitrogen and oxygen atoms in total. The molecule has 0 spiro atoms. The molecule has 186 valence electrons. The van der Waals surface area contributed by atoms with E-state index in [1.165, 1.54) is 11.3 Å². The summed E-state index contributed by atoms with van der Waals surface area (Å²) in [5, 5.41) is 9.28. The summed E-state index contributed by atoms with van der Waals surface area (Å²) in [6.45, 7) is 5.60. The second-order valence-corrected chi connectivity index (χ2v) is 10.5. The number of nitrogens with zero attached hydrogens (tertiary/aromatic N) is 4. The van der Waals surface area contributed by atoms with Crippen LogP contribution in [0.5, 0.6) is 0 Å². The first-order valence-corrected chi connectivity index (χ1v) is 13.3. The molecule has 1 fully saturated rings. The van der Waals surface area contributed by atoms with Crippen LogP contribution in [-0.2, 0) is 11.3 Å². The predicted molar refractivity (Wildman–Crippen MR) is 149 cm³/mol. The lowest BCUT2D eigenvalue weighted by molar-refractivity contribution is 0.122. The van der Waals surface area contributed by atoms with E-state index in [0.29, 0.717) is 40.8 Å². The highest BCUT2D eigenvalue weighted by Crippen LogP contribution is 2.33. The van der Waals surface area contributed by atoms with Crippen LogP contribution in [0.4, 0.5) is 22.5 Å². The number of anilines is 4. The zero-order valence-electron chi connectivity index (χ0n) is 19.4. The Morgan fingerprint density at radius 1 is 1.00 bits per heavy atom. The molecule has 0 aliphatic carbocycles. The average molecular weight is 562 g/mol. The van der Waals surface area contributed by atoms with Crippen LogP contribution < -0.4 is 15.5 Å². The Balaban J connectivity index is 1.29. The van der Waals surface area contributed by atoms with E-state index in [4.69, 9.17) is 44.5 Å². The van der Waals surface area contributed by atoms with Crippen molar-refractivity contribution in [3.63, 3.8) is 0 Å². The van der Waals surface area contributed by atoms with Crippen molar-refractivity contribution in [2.75, 3.05) is 41.8 Å². The van der Waals surface area contributed by atoms with Gasteiger partial charge in [-0.05, 0) is 55.0 Å². The highest BCUT2D eigenvalue weighted by molar-refractivity contribution is 7.19. The Kier molecular flexibility index (Phi) is 7.79. The molecule has 1 aliphatic rings. The van der Waals surface area contributed by atoms with Gasteiger partial charge in [0, 0.05) is 41.6 Å². The summed E-state index contributed by atoms with van der Waals surface area (Å²) < 4.78 is 5.43. The van der Waals surface area contributed by atoms with Crippen molar-refractivity contribution in [2.24, 2.45) is 0 Å². The Morgan fingerprint density at radius 2 is 1.78 bits per heavy atom. The first kappa shape index (κ1) is 25.0. The monoisotopic (exact) mass is 560 g/mol. The van der Waals surface area contributed by atoms with E-state index in [1.54, 1.807) is 12.3 Å². The molecule has 5 rings (SSSR count). The Morgan fingerprint density at radius 3 is 2.53 bits per heavy atom. The minimum absolute atomic E-state index is 0.485. The lowest BCUT2D eigenvalue weighted by atomic mass is 10.2. The maximum Gasteiger partial charge on any atom is 0.227 e. The Labute approximate surface area is 228 Å². The quantitative estimate of drug-likeness (QED) is 0.250. The molecule has 1 saturated heterocycles. The number of rotatable bonds is 7. The molecule has 0 bridgehead atoms. The van der Waals surface area contributed by atoms with Gasteiger partial charge in [0.25, 0.3) is 0 Å². The molecular formula is C25H23Cl3N6OS. The van der Waals surface area contributed by atoms with Crippen LogP contribution in [0.1, 0.15) is 11.3 Å². The minimum atomic E-state index is 0.485. The van der Waals surface area contributed by atoms with E-state index in [9.17, 15) is 0 Å². The van der Waals surface area contributed by atoms with Crippen LogP contribution in [0.25, 0.3) is 10.6 Å². The number of benzene rings is 2. The second kappa shape index (κ2) is 11.2. The van der Waals surface area contributed by atoms with Gasteiger partial charge >= 0.3 is 0 Å². The van der Waals surface area contributed by atoms with Crippen molar-refractivity contribution in [1.29, 1.82) is 0 Å². The van der Waals surface area contributed by atoms with Gasteiger partial charge in [-0.25, -0.2) is 15.0 Å². The summed E-state index contributed by atoms with van der Waals surface area (Å²) in [5.41, 5.74) is 4.47. The second-order valence-electron chi connectivity index (χ2n) is 8.22. The molecule has 0 amide bonds. The third kappa shape index (κ3) is 6.02. The molecule has 2 aromatic carbocycles. The van der Waals surface area contributed by atoms with Crippen LogP contribution in [0, 0.1) is 6.92 Å². The number of thiazole rings is 1. The Bertz CT molecular complexity index is 1360. The lowest BCUT2D eigenvalue weighted by Gasteiger charge is -2.29. The summed E-state index contributed by atoms with van der Waals surface area (Å²) in [7, 11) is 0. The summed E-state index contributed by atoms with van der Waals surface area (Å²) in [4.78, 5) is 16.9.